The summed E-state index contributed by atoms with van der Waals surface area (Å²) < 4.78 is 11.4. The van der Waals surface area contributed by atoms with Crippen LogP contribution in [0.2, 0.25) is 0 Å². The van der Waals surface area contributed by atoms with Crippen molar-refractivity contribution in [2.24, 2.45) is 0 Å². The quantitative estimate of drug-likeness (QED) is 0.548. The fraction of sp³-hybridized carbons (Fsp3) is 0.200. The van der Waals surface area contributed by atoms with Crippen molar-refractivity contribution in [3.8, 4) is 5.75 Å². The SMILES string of the molecule is Cc1cc(C)cc(OCC(=O)NNC(=O)COC(c2ccccc2)c2ccccc2)c1. The number of hydrazine groups is 1. The van der Waals surface area contributed by atoms with E-state index in [4.69, 9.17) is 9.47 Å². The predicted molar refractivity (Wildman–Crippen MR) is 118 cm³/mol. The predicted octanol–water partition coefficient (Wildman–Crippen LogP) is 3.64. The van der Waals surface area contributed by atoms with Crippen molar-refractivity contribution in [1.82, 2.24) is 10.9 Å². The van der Waals surface area contributed by atoms with Gasteiger partial charge in [0, 0.05) is 0 Å². The zero-order chi connectivity index (χ0) is 22.1. The fourth-order valence-electron chi connectivity index (χ4n) is 3.18. The summed E-state index contributed by atoms with van der Waals surface area (Å²) in [6.45, 7) is 3.49. The van der Waals surface area contributed by atoms with Crippen LogP contribution in [0.3, 0.4) is 0 Å². The minimum Gasteiger partial charge on any atom is -0.484 e. The van der Waals surface area contributed by atoms with Crippen LogP contribution < -0.4 is 15.6 Å². The van der Waals surface area contributed by atoms with Crippen molar-refractivity contribution in [2.75, 3.05) is 13.2 Å². The van der Waals surface area contributed by atoms with Gasteiger partial charge in [0.05, 0.1) is 0 Å². The van der Waals surface area contributed by atoms with E-state index in [1.54, 1.807) is 0 Å². The molecular weight excluding hydrogens is 392 g/mol. The maximum absolute atomic E-state index is 12.2. The molecule has 0 bridgehead atoms. The lowest BCUT2D eigenvalue weighted by Gasteiger charge is -2.19. The second-order valence-electron chi connectivity index (χ2n) is 7.22. The van der Waals surface area contributed by atoms with Crippen molar-refractivity contribution in [1.29, 1.82) is 0 Å². The minimum atomic E-state index is -0.463. The molecule has 0 saturated heterocycles. The van der Waals surface area contributed by atoms with Crippen LogP contribution in [0, 0.1) is 13.8 Å². The molecule has 0 aliphatic heterocycles. The van der Waals surface area contributed by atoms with Crippen LogP contribution >= 0.6 is 0 Å². The maximum atomic E-state index is 12.2. The number of ether oxygens (including phenoxy) is 2. The van der Waals surface area contributed by atoms with Gasteiger partial charge in [-0.2, -0.15) is 0 Å². The summed E-state index contributed by atoms with van der Waals surface area (Å²) in [5.41, 5.74) is 8.67. The van der Waals surface area contributed by atoms with Crippen molar-refractivity contribution in [3.63, 3.8) is 0 Å². The van der Waals surface area contributed by atoms with Crippen molar-refractivity contribution in [2.45, 2.75) is 20.0 Å². The third kappa shape index (κ3) is 6.97. The van der Waals surface area contributed by atoms with Crippen LogP contribution in [0.15, 0.2) is 78.9 Å². The molecule has 0 atom stereocenters. The number of carbonyl (C=O) groups excluding carboxylic acids is 2. The van der Waals surface area contributed by atoms with Crippen LogP contribution in [-0.4, -0.2) is 25.0 Å². The van der Waals surface area contributed by atoms with Gasteiger partial charge in [-0.3, -0.25) is 20.4 Å². The van der Waals surface area contributed by atoms with Gasteiger partial charge in [0.25, 0.3) is 11.8 Å². The van der Waals surface area contributed by atoms with Crippen molar-refractivity contribution in [3.05, 3.63) is 101 Å². The number of nitrogens with one attached hydrogen (secondary N) is 2. The molecule has 0 aliphatic rings. The first-order valence-electron chi connectivity index (χ1n) is 10.0. The van der Waals surface area contributed by atoms with Crippen LogP contribution in [-0.2, 0) is 14.3 Å². The lowest BCUT2D eigenvalue weighted by Crippen LogP contribution is -2.45. The van der Waals surface area contributed by atoms with Gasteiger partial charge in [0.1, 0.15) is 18.5 Å². The molecule has 3 aromatic rings. The van der Waals surface area contributed by atoms with Gasteiger partial charge >= 0.3 is 0 Å². The summed E-state index contributed by atoms with van der Waals surface area (Å²) in [5.74, 6) is -0.317. The summed E-state index contributed by atoms with van der Waals surface area (Å²) in [6.07, 6.45) is -0.392. The van der Waals surface area contributed by atoms with Gasteiger partial charge < -0.3 is 9.47 Å². The Labute approximate surface area is 182 Å². The van der Waals surface area contributed by atoms with Gasteiger partial charge in [-0.05, 0) is 48.2 Å². The fourth-order valence-corrected chi connectivity index (χ4v) is 3.18. The summed E-state index contributed by atoms with van der Waals surface area (Å²) in [4.78, 5) is 24.2. The number of aryl methyl sites for hydroxylation is 2. The first-order chi connectivity index (χ1) is 15.0. The number of hydrogen-bond acceptors (Lipinski definition) is 4. The zero-order valence-electron chi connectivity index (χ0n) is 17.6. The van der Waals surface area contributed by atoms with E-state index in [0.29, 0.717) is 5.75 Å². The van der Waals surface area contributed by atoms with E-state index in [-0.39, 0.29) is 13.2 Å². The average molecular weight is 418 g/mol. The standard InChI is InChI=1S/C25H26N2O4/c1-18-13-19(2)15-22(14-18)30-16-23(28)26-27-24(29)17-31-25(20-9-5-3-6-10-20)21-11-7-4-8-12-21/h3-15,25H,16-17H2,1-2H3,(H,26,28)(H,27,29). The number of amides is 2. The molecule has 0 saturated carbocycles. The van der Waals surface area contributed by atoms with Gasteiger partial charge in [-0.15, -0.1) is 0 Å². The van der Waals surface area contributed by atoms with Crippen LogP contribution in [0.4, 0.5) is 0 Å². The van der Waals surface area contributed by atoms with E-state index < -0.39 is 17.9 Å². The van der Waals surface area contributed by atoms with E-state index in [2.05, 4.69) is 10.9 Å². The Bertz CT molecular complexity index is 947. The van der Waals surface area contributed by atoms with E-state index in [1.807, 2.05) is 92.7 Å². The zero-order valence-corrected chi connectivity index (χ0v) is 17.6. The molecule has 3 aromatic carbocycles. The molecule has 0 unspecified atom stereocenters. The van der Waals surface area contributed by atoms with Crippen LogP contribution in [0.25, 0.3) is 0 Å². The first kappa shape index (κ1) is 22.1. The Morgan fingerprint density at radius 3 is 1.74 bits per heavy atom. The highest BCUT2D eigenvalue weighted by Crippen LogP contribution is 2.25. The topological polar surface area (TPSA) is 76.7 Å². The summed E-state index contributed by atoms with van der Waals surface area (Å²) >= 11 is 0. The Balaban J connectivity index is 1.48. The molecule has 160 valence electrons. The smallest absolute Gasteiger partial charge is 0.276 e. The molecule has 2 amide bonds. The van der Waals surface area contributed by atoms with E-state index in [9.17, 15) is 9.59 Å². The summed E-state index contributed by atoms with van der Waals surface area (Å²) in [6, 6.07) is 25.0. The van der Waals surface area contributed by atoms with Crippen molar-refractivity contribution < 1.29 is 19.1 Å². The number of carbonyl (C=O) groups is 2. The Kier molecular flexibility index (Phi) is 7.79. The third-order valence-corrected chi connectivity index (χ3v) is 4.49. The molecular formula is C25H26N2O4. The largest absolute Gasteiger partial charge is 0.484 e. The monoisotopic (exact) mass is 418 g/mol. The highest BCUT2D eigenvalue weighted by Gasteiger charge is 2.16. The molecule has 3 rings (SSSR count). The number of rotatable bonds is 8. The van der Waals surface area contributed by atoms with E-state index >= 15 is 0 Å². The van der Waals surface area contributed by atoms with Gasteiger partial charge in [-0.1, -0.05) is 66.7 Å². The molecule has 0 fully saturated rings. The summed E-state index contributed by atoms with van der Waals surface area (Å²) in [7, 11) is 0. The molecule has 0 aromatic heterocycles. The van der Waals surface area contributed by atoms with Crippen molar-refractivity contribution >= 4 is 11.8 Å². The normalized spacial score (nSPS) is 10.5. The highest BCUT2D eigenvalue weighted by molar-refractivity contribution is 5.83. The minimum absolute atomic E-state index is 0.208. The Hall–Kier alpha value is -3.64. The lowest BCUT2D eigenvalue weighted by molar-refractivity contribution is -0.133. The second-order valence-corrected chi connectivity index (χ2v) is 7.22. The Morgan fingerprint density at radius 1 is 0.742 bits per heavy atom. The second kappa shape index (κ2) is 10.9. The molecule has 0 heterocycles. The van der Waals surface area contributed by atoms with Gasteiger partial charge in [-0.25, -0.2) is 0 Å². The molecule has 0 spiro atoms. The van der Waals surface area contributed by atoms with E-state index in [1.165, 1.54) is 0 Å². The molecule has 6 nitrogen and oxygen atoms in total. The van der Waals surface area contributed by atoms with Crippen LogP contribution in [0.1, 0.15) is 28.4 Å². The maximum Gasteiger partial charge on any atom is 0.276 e. The molecule has 31 heavy (non-hydrogen) atoms. The molecule has 0 aliphatic carbocycles. The van der Waals surface area contributed by atoms with Gasteiger partial charge in [0.2, 0.25) is 0 Å². The number of benzene rings is 3. The Morgan fingerprint density at radius 2 is 1.23 bits per heavy atom. The molecule has 0 radical (unpaired) electrons. The van der Waals surface area contributed by atoms with Crippen LogP contribution in [0.5, 0.6) is 5.75 Å². The first-order valence-corrected chi connectivity index (χ1v) is 10.0. The summed E-state index contributed by atoms with van der Waals surface area (Å²) in [5, 5.41) is 0. The average Bonchev–Trinajstić information content (AvgIpc) is 2.77. The van der Waals surface area contributed by atoms with Gasteiger partial charge in [0.15, 0.2) is 6.61 Å². The molecule has 2 N–H and O–H groups in total. The highest BCUT2D eigenvalue weighted by atomic mass is 16.5. The molecule has 6 heteroatoms. The van der Waals surface area contributed by atoms with E-state index in [0.717, 1.165) is 22.3 Å². The number of hydrogen-bond donors (Lipinski definition) is 2. The lowest BCUT2D eigenvalue weighted by atomic mass is 10.0. The third-order valence-electron chi connectivity index (χ3n) is 4.49.